The monoisotopic (exact) mass is 223 g/mol. The fourth-order valence-electron chi connectivity index (χ4n) is 3.13. The Kier molecular flexibility index (Phi) is 3.46. The summed E-state index contributed by atoms with van der Waals surface area (Å²) in [5.74, 6) is 0. The molecule has 1 unspecified atom stereocenters. The molecule has 1 aliphatic carbocycles. The van der Waals surface area contributed by atoms with Crippen molar-refractivity contribution in [1.82, 2.24) is 15.1 Å². The molecule has 1 atom stereocenters. The van der Waals surface area contributed by atoms with Crippen LogP contribution in [0.2, 0.25) is 0 Å². The topological polar surface area (TPSA) is 18.5 Å². The highest BCUT2D eigenvalue weighted by Gasteiger charge is 2.31. The first kappa shape index (κ1) is 11.0. The standard InChI is InChI=1S/C13H25N3/c1-2-12(14-6-1)5-7-15-8-10-16(11-9-15)13-3-4-13/h12-14H,1-11H2. The average molecular weight is 223 g/mol. The van der Waals surface area contributed by atoms with E-state index in [1.54, 1.807) is 0 Å². The van der Waals surface area contributed by atoms with Crippen LogP contribution in [0.4, 0.5) is 0 Å². The number of rotatable bonds is 4. The van der Waals surface area contributed by atoms with Crippen molar-refractivity contribution in [2.45, 2.75) is 44.2 Å². The summed E-state index contributed by atoms with van der Waals surface area (Å²) in [6, 6.07) is 1.79. The summed E-state index contributed by atoms with van der Waals surface area (Å²) in [6.07, 6.45) is 7.09. The van der Waals surface area contributed by atoms with Gasteiger partial charge in [0.25, 0.3) is 0 Å². The van der Waals surface area contributed by atoms with Crippen molar-refractivity contribution in [3.8, 4) is 0 Å². The van der Waals surface area contributed by atoms with Gasteiger partial charge in [-0.25, -0.2) is 0 Å². The minimum Gasteiger partial charge on any atom is -0.314 e. The van der Waals surface area contributed by atoms with Crippen LogP contribution >= 0.6 is 0 Å². The molecule has 2 saturated heterocycles. The molecule has 0 aromatic rings. The van der Waals surface area contributed by atoms with Crippen molar-refractivity contribution >= 4 is 0 Å². The molecule has 1 N–H and O–H groups in total. The second-order valence-corrected chi connectivity index (χ2v) is 5.69. The number of nitrogens with one attached hydrogen (secondary N) is 1. The van der Waals surface area contributed by atoms with Gasteiger partial charge in [0.1, 0.15) is 0 Å². The molecule has 3 nitrogen and oxygen atoms in total. The van der Waals surface area contributed by atoms with Gasteiger partial charge in [-0.15, -0.1) is 0 Å². The second-order valence-electron chi connectivity index (χ2n) is 5.69. The van der Waals surface area contributed by atoms with Gasteiger partial charge in [0.2, 0.25) is 0 Å². The molecule has 3 rings (SSSR count). The molecule has 0 aromatic carbocycles. The molecule has 0 bridgehead atoms. The minimum atomic E-state index is 0.821. The third kappa shape index (κ3) is 2.76. The third-order valence-electron chi connectivity index (χ3n) is 4.43. The van der Waals surface area contributed by atoms with Crippen molar-refractivity contribution in [3.05, 3.63) is 0 Å². The fourth-order valence-corrected chi connectivity index (χ4v) is 3.13. The van der Waals surface area contributed by atoms with Gasteiger partial charge in [0, 0.05) is 38.3 Å². The number of piperazine rings is 1. The highest BCUT2D eigenvalue weighted by Crippen LogP contribution is 2.27. The first-order valence-corrected chi connectivity index (χ1v) is 7.11. The molecular formula is C13H25N3. The summed E-state index contributed by atoms with van der Waals surface area (Å²) in [5, 5.41) is 3.60. The fraction of sp³-hybridized carbons (Fsp3) is 1.00. The first-order valence-electron chi connectivity index (χ1n) is 7.11. The maximum Gasteiger partial charge on any atom is 0.0113 e. The largest absolute Gasteiger partial charge is 0.314 e. The Morgan fingerprint density at radius 2 is 1.81 bits per heavy atom. The van der Waals surface area contributed by atoms with Crippen LogP contribution in [-0.4, -0.2) is 61.2 Å². The quantitative estimate of drug-likeness (QED) is 0.764. The lowest BCUT2D eigenvalue weighted by molar-refractivity contribution is 0.123. The van der Waals surface area contributed by atoms with E-state index >= 15 is 0 Å². The first-order chi connectivity index (χ1) is 7.92. The van der Waals surface area contributed by atoms with Gasteiger partial charge in [-0.1, -0.05) is 0 Å². The SMILES string of the molecule is C1CNC(CCN2CCN(C3CC3)CC2)C1. The molecule has 1 saturated carbocycles. The lowest BCUT2D eigenvalue weighted by Gasteiger charge is -2.35. The zero-order chi connectivity index (χ0) is 10.8. The molecule has 92 valence electrons. The second kappa shape index (κ2) is 5.03. The molecular weight excluding hydrogens is 198 g/mol. The summed E-state index contributed by atoms with van der Waals surface area (Å²) < 4.78 is 0. The summed E-state index contributed by atoms with van der Waals surface area (Å²) in [4.78, 5) is 5.36. The van der Waals surface area contributed by atoms with E-state index in [9.17, 15) is 0 Å². The van der Waals surface area contributed by atoms with Crippen LogP contribution in [0, 0.1) is 0 Å². The van der Waals surface area contributed by atoms with Crippen LogP contribution in [0.25, 0.3) is 0 Å². The molecule has 0 aromatic heterocycles. The third-order valence-corrected chi connectivity index (χ3v) is 4.43. The summed E-state index contributed by atoms with van der Waals surface area (Å²) in [7, 11) is 0. The molecule has 2 aliphatic heterocycles. The zero-order valence-corrected chi connectivity index (χ0v) is 10.3. The molecule has 0 radical (unpaired) electrons. The Hall–Kier alpha value is -0.120. The van der Waals surface area contributed by atoms with Gasteiger partial charge in [-0.05, 0) is 45.2 Å². The van der Waals surface area contributed by atoms with Crippen LogP contribution in [0.3, 0.4) is 0 Å². The maximum absolute atomic E-state index is 3.60. The van der Waals surface area contributed by atoms with E-state index in [4.69, 9.17) is 0 Å². The van der Waals surface area contributed by atoms with E-state index in [0.717, 1.165) is 12.1 Å². The van der Waals surface area contributed by atoms with E-state index in [1.165, 1.54) is 71.4 Å². The van der Waals surface area contributed by atoms with Crippen LogP contribution in [0.1, 0.15) is 32.1 Å². The van der Waals surface area contributed by atoms with E-state index in [0.29, 0.717) is 0 Å². The van der Waals surface area contributed by atoms with Crippen molar-refractivity contribution < 1.29 is 0 Å². The van der Waals surface area contributed by atoms with Crippen LogP contribution < -0.4 is 5.32 Å². The molecule has 3 fully saturated rings. The van der Waals surface area contributed by atoms with Gasteiger partial charge >= 0.3 is 0 Å². The normalized spacial score (nSPS) is 33.4. The summed E-state index contributed by atoms with van der Waals surface area (Å²) >= 11 is 0. The zero-order valence-electron chi connectivity index (χ0n) is 10.3. The van der Waals surface area contributed by atoms with Gasteiger partial charge < -0.3 is 10.2 Å². The predicted octanol–water partition coefficient (Wildman–Crippen LogP) is 0.909. The van der Waals surface area contributed by atoms with Gasteiger partial charge in [0.15, 0.2) is 0 Å². The van der Waals surface area contributed by atoms with Crippen LogP contribution in [0.15, 0.2) is 0 Å². The van der Waals surface area contributed by atoms with Crippen molar-refractivity contribution in [2.75, 3.05) is 39.3 Å². The Labute approximate surface area is 99.2 Å². The highest BCUT2D eigenvalue weighted by molar-refractivity contribution is 4.87. The van der Waals surface area contributed by atoms with Gasteiger partial charge in [-0.2, -0.15) is 0 Å². The van der Waals surface area contributed by atoms with Crippen molar-refractivity contribution in [2.24, 2.45) is 0 Å². The molecule has 3 aliphatic rings. The van der Waals surface area contributed by atoms with Gasteiger partial charge in [-0.3, -0.25) is 4.90 Å². The van der Waals surface area contributed by atoms with E-state index < -0.39 is 0 Å². The molecule has 16 heavy (non-hydrogen) atoms. The number of hydrogen-bond acceptors (Lipinski definition) is 3. The Bertz CT molecular complexity index is 213. The van der Waals surface area contributed by atoms with Crippen molar-refractivity contribution in [1.29, 1.82) is 0 Å². The lowest BCUT2D eigenvalue weighted by atomic mass is 10.1. The summed E-state index contributed by atoms with van der Waals surface area (Å²) in [6.45, 7) is 7.83. The van der Waals surface area contributed by atoms with Gasteiger partial charge in [0.05, 0.1) is 0 Å². The molecule has 2 heterocycles. The maximum atomic E-state index is 3.60. The molecule has 0 spiro atoms. The van der Waals surface area contributed by atoms with Crippen LogP contribution in [0.5, 0.6) is 0 Å². The highest BCUT2D eigenvalue weighted by atomic mass is 15.3. The Balaban J connectivity index is 1.33. The average Bonchev–Trinajstić information content (AvgIpc) is 3.05. The predicted molar refractivity (Wildman–Crippen MR) is 66.7 cm³/mol. The molecule has 0 amide bonds. The Morgan fingerprint density at radius 1 is 1.00 bits per heavy atom. The molecule has 3 heteroatoms. The van der Waals surface area contributed by atoms with E-state index in [1.807, 2.05) is 0 Å². The summed E-state index contributed by atoms with van der Waals surface area (Å²) in [5.41, 5.74) is 0. The van der Waals surface area contributed by atoms with Crippen LogP contribution in [-0.2, 0) is 0 Å². The lowest BCUT2D eigenvalue weighted by Crippen LogP contribution is -2.47. The minimum absolute atomic E-state index is 0.821. The smallest absolute Gasteiger partial charge is 0.0113 e. The number of hydrogen-bond donors (Lipinski definition) is 1. The van der Waals surface area contributed by atoms with Crippen molar-refractivity contribution in [3.63, 3.8) is 0 Å². The Morgan fingerprint density at radius 3 is 2.44 bits per heavy atom. The number of nitrogens with zero attached hydrogens (tertiary/aromatic N) is 2. The van der Waals surface area contributed by atoms with E-state index in [-0.39, 0.29) is 0 Å². The van der Waals surface area contributed by atoms with E-state index in [2.05, 4.69) is 15.1 Å².